The molecule has 0 amide bonds. The number of aliphatic imine (C=N–C) groups is 3. The summed E-state index contributed by atoms with van der Waals surface area (Å²) in [5.74, 6) is 0.755. The molecule has 5 heteroatoms. The summed E-state index contributed by atoms with van der Waals surface area (Å²) in [6.45, 7) is 10.9. The van der Waals surface area contributed by atoms with Crippen LogP contribution in [0.2, 0.25) is 0 Å². The van der Waals surface area contributed by atoms with Gasteiger partial charge in [-0.1, -0.05) is 32.0 Å². The van der Waals surface area contributed by atoms with Crippen LogP contribution in [0.25, 0.3) is 0 Å². The van der Waals surface area contributed by atoms with Gasteiger partial charge < -0.3 is 4.90 Å². The van der Waals surface area contributed by atoms with Gasteiger partial charge in [0.1, 0.15) is 6.34 Å². The second-order valence-electron chi connectivity index (χ2n) is 5.75. The van der Waals surface area contributed by atoms with Gasteiger partial charge in [0.2, 0.25) is 0 Å². The van der Waals surface area contributed by atoms with E-state index in [0.29, 0.717) is 0 Å². The van der Waals surface area contributed by atoms with Crippen molar-refractivity contribution < 1.29 is 0 Å². The highest BCUT2D eigenvalue weighted by atomic mass is 32.2. The van der Waals surface area contributed by atoms with Gasteiger partial charge in [-0.25, -0.2) is 9.98 Å². The average molecular weight is 314 g/mol. The number of thioether (sulfide) groups is 1. The third-order valence-electron chi connectivity index (χ3n) is 3.69. The van der Waals surface area contributed by atoms with E-state index in [2.05, 4.69) is 58.6 Å². The van der Waals surface area contributed by atoms with Crippen molar-refractivity contribution in [3.8, 4) is 0 Å². The molecular formula is C17H22N4S. The second kappa shape index (κ2) is 6.92. The van der Waals surface area contributed by atoms with Crippen LogP contribution in [0.15, 0.2) is 51.3 Å². The summed E-state index contributed by atoms with van der Waals surface area (Å²) in [5, 5.41) is 0.969. The minimum atomic E-state index is 0.0742. The van der Waals surface area contributed by atoms with Crippen LogP contribution in [0, 0.1) is 0 Å². The van der Waals surface area contributed by atoms with Crippen LogP contribution >= 0.6 is 11.8 Å². The van der Waals surface area contributed by atoms with Crippen molar-refractivity contribution in [2.45, 2.75) is 26.2 Å². The Bertz CT molecular complexity index is 644. The van der Waals surface area contributed by atoms with Gasteiger partial charge in [-0.05, 0) is 31.5 Å². The molecule has 116 valence electrons. The number of hydrogen-bond donors (Lipinski definition) is 0. The fraction of sp³-hybridized carbons (Fsp3) is 0.353. The molecule has 0 N–H and O–H groups in total. The maximum absolute atomic E-state index is 4.48. The Kier molecular flexibility index (Phi) is 5.19. The van der Waals surface area contributed by atoms with Crippen LogP contribution in [-0.2, 0) is 5.41 Å². The third-order valence-corrected chi connectivity index (χ3v) is 4.38. The van der Waals surface area contributed by atoms with E-state index in [1.165, 1.54) is 11.3 Å². The Morgan fingerprint density at radius 3 is 2.77 bits per heavy atom. The lowest BCUT2D eigenvalue weighted by atomic mass is 9.87. The summed E-state index contributed by atoms with van der Waals surface area (Å²) in [5.41, 5.74) is 2.57. The first-order chi connectivity index (χ1) is 10.5. The van der Waals surface area contributed by atoms with Gasteiger partial charge in [0.25, 0.3) is 0 Å². The number of nitrogens with zero attached hydrogens (tertiary/aromatic N) is 4. The molecule has 0 fully saturated rings. The number of para-hydroxylation sites is 1. The normalized spacial score (nSPS) is 17.9. The van der Waals surface area contributed by atoms with E-state index in [9.17, 15) is 0 Å². The summed E-state index contributed by atoms with van der Waals surface area (Å²) < 4.78 is 0. The SMILES string of the molecule is C=N/C=C(/N=CN=C(C)SC)N1CC(C)(C)c2ccccc21. The summed E-state index contributed by atoms with van der Waals surface area (Å²) in [4.78, 5) is 14.8. The van der Waals surface area contributed by atoms with E-state index < -0.39 is 0 Å². The smallest absolute Gasteiger partial charge is 0.153 e. The van der Waals surface area contributed by atoms with E-state index >= 15 is 0 Å². The molecule has 0 bridgehead atoms. The number of rotatable bonds is 4. The molecule has 0 unspecified atom stereocenters. The monoisotopic (exact) mass is 314 g/mol. The van der Waals surface area contributed by atoms with Crippen LogP contribution in [0.5, 0.6) is 0 Å². The molecule has 0 saturated heterocycles. The topological polar surface area (TPSA) is 40.3 Å². The molecule has 0 aromatic heterocycles. The highest BCUT2D eigenvalue weighted by molar-refractivity contribution is 8.13. The van der Waals surface area contributed by atoms with Crippen molar-refractivity contribution in [2.75, 3.05) is 17.7 Å². The van der Waals surface area contributed by atoms with Crippen LogP contribution in [0.3, 0.4) is 0 Å². The van der Waals surface area contributed by atoms with Crippen molar-refractivity contribution in [3.05, 3.63) is 41.8 Å². The zero-order valence-electron chi connectivity index (χ0n) is 13.6. The zero-order chi connectivity index (χ0) is 16.2. The molecule has 1 aromatic carbocycles. The minimum absolute atomic E-state index is 0.0742. The lowest BCUT2D eigenvalue weighted by Crippen LogP contribution is -2.27. The van der Waals surface area contributed by atoms with E-state index in [4.69, 9.17) is 0 Å². The molecule has 0 atom stereocenters. The largest absolute Gasteiger partial charge is 0.324 e. The van der Waals surface area contributed by atoms with Crippen LogP contribution in [0.4, 0.5) is 5.69 Å². The summed E-state index contributed by atoms with van der Waals surface area (Å²) in [6.07, 6.45) is 5.25. The number of hydrogen-bond acceptors (Lipinski definition) is 4. The van der Waals surface area contributed by atoms with E-state index in [1.54, 1.807) is 24.3 Å². The predicted octanol–water partition coefficient (Wildman–Crippen LogP) is 4.09. The molecule has 2 rings (SSSR count). The number of fused-ring (bicyclic) bond motifs is 1. The molecular weight excluding hydrogens is 292 g/mol. The highest BCUT2D eigenvalue weighted by Gasteiger charge is 2.36. The van der Waals surface area contributed by atoms with Gasteiger partial charge in [-0.15, -0.1) is 11.8 Å². The maximum atomic E-state index is 4.48. The Morgan fingerprint density at radius 2 is 2.09 bits per heavy atom. The lowest BCUT2D eigenvalue weighted by Gasteiger charge is -2.22. The zero-order valence-corrected chi connectivity index (χ0v) is 14.4. The predicted molar refractivity (Wildman–Crippen MR) is 99.6 cm³/mol. The molecule has 0 spiro atoms. The van der Waals surface area contributed by atoms with Gasteiger partial charge in [-0.2, -0.15) is 0 Å². The first-order valence-corrected chi connectivity index (χ1v) is 8.36. The molecule has 1 heterocycles. The third kappa shape index (κ3) is 3.47. The van der Waals surface area contributed by atoms with Crippen LogP contribution in [-0.4, -0.2) is 30.9 Å². The van der Waals surface area contributed by atoms with Gasteiger partial charge in [-0.3, -0.25) is 4.99 Å². The first kappa shape index (κ1) is 16.5. The summed E-state index contributed by atoms with van der Waals surface area (Å²) in [6, 6.07) is 8.42. The van der Waals surface area contributed by atoms with Crippen molar-refractivity contribution in [2.24, 2.45) is 15.0 Å². The summed E-state index contributed by atoms with van der Waals surface area (Å²) >= 11 is 1.60. The summed E-state index contributed by atoms with van der Waals surface area (Å²) in [7, 11) is 0. The van der Waals surface area contributed by atoms with Crippen LogP contribution in [0.1, 0.15) is 26.3 Å². The highest BCUT2D eigenvalue weighted by Crippen LogP contribution is 2.42. The fourth-order valence-electron chi connectivity index (χ4n) is 2.53. The molecule has 22 heavy (non-hydrogen) atoms. The fourth-order valence-corrected chi connectivity index (χ4v) is 2.68. The molecule has 0 radical (unpaired) electrons. The Labute approximate surface area is 136 Å². The minimum Gasteiger partial charge on any atom is -0.324 e. The Balaban J connectivity index is 2.36. The maximum Gasteiger partial charge on any atom is 0.153 e. The quantitative estimate of drug-likeness (QED) is 0.620. The number of benzene rings is 1. The average Bonchev–Trinajstić information content (AvgIpc) is 2.78. The van der Waals surface area contributed by atoms with Gasteiger partial charge in [0.15, 0.2) is 5.82 Å². The first-order valence-electron chi connectivity index (χ1n) is 7.13. The van der Waals surface area contributed by atoms with Crippen molar-refractivity contribution >= 4 is 35.5 Å². The van der Waals surface area contributed by atoms with Gasteiger partial charge in [0.05, 0.1) is 11.2 Å². The lowest BCUT2D eigenvalue weighted by molar-refractivity contribution is 0.563. The molecule has 1 aliphatic heterocycles. The second-order valence-corrected chi connectivity index (χ2v) is 6.75. The molecule has 4 nitrogen and oxygen atoms in total. The van der Waals surface area contributed by atoms with Crippen LogP contribution < -0.4 is 4.90 Å². The van der Waals surface area contributed by atoms with Gasteiger partial charge in [0, 0.05) is 17.6 Å². The van der Waals surface area contributed by atoms with Crippen molar-refractivity contribution in [3.63, 3.8) is 0 Å². The van der Waals surface area contributed by atoms with E-state index in [-0.39, 0.29) is 5.41 Å². The standard InChI is InChI=1S/C17H22N4S/c1-13(22-5)19-12-20-16(10-18-4)21-11-17(2,3)14-8-6-7-9-15(14)21/h6-10,12H,4,11H2,1-3,5H3/b16-10-,19-13?,20-12?. The molecule has 1 aromatic rings. The number of anilines is 1. The Hall–Kier alpha value is -1.88. The van der Waals surface area contributed by atoms with Crippen molar-refractivity contribution in [1.82, 2.24) is 0 Å². The van der Waals surface area contributed by atoms with E-state index in [1.807, 2.05) is 19.2 Å². The van der Waals surface area contributed by atoms with E-state index in [0.717, 1.165) is 17.4 Å². The molecule has 1 aliphatic rings. The molecule has 0 saturated carbocycles. The van der Waals surface area contributed by atoms with Gasteiger partial charge >= 0.3 is 0 Å². The Morgan fingerprint density at radius 1 is 1.36 bits per heavy atom. The van der Waals surface area contributed by atoms with Crippen molar-refractivity contribution in [1.29, 1.82) is 0 Å². The molecule has 0 aliphatic carbocycles.